The highest BCUT2D eigenvalue weighted by molar-refractivity contribution is 5.79. The van der Waals surface area contributed by atoms with E-state index < -0.39 is 0 Å². The summed E-state index contributed by atoms with van der Waals surface area (Å²) >= 11 is 0. The lowest BCUT2D eigenvalue weighted by molar-refractivity contribution is -0.141. The van der Waals surface area contributed by atoms with E-state index in [1.807, 2.05) is 6.92 Å². The van der Waals surface area contributed by atoms with Crippen molar-refractivity contribution in [2.24, 2.45) is 11.3 Å². The van der Waals surface area contributed by atoms with E-state index in [4.69, 9.17) is 5.11 Å². The maximum atomic E-state index is 12.3. The van der Waals surface area contributed by atoms with Gasteiger partial charge in [0.25, 0.3) is 0 Å². The van der Waals surface area contributed by atoms with Crippen molar-refractivity contribution < 1.29 is 9.90 Å². The van der Waals surface area contributed by atoms with E-state index in [0.717, 1.165) is 19.3 Å². The summed E-state index contributed by atoms with van der Waals surface area (Å²) in [5.41, 5.74) is 0.123. The first-order chi connectivity index (χ1) is 7.53. The summed E-state index contributed by atoms with van der Waals surface area (Å²) < 4.78 is 0. The van der Waals surface area contributed by atoms with Gasteiger partial charge in [0.15, 0.2) is 0 Å². The van der Waals surface area contributed by atoms with Gasteiger partial charge in [-0.15, -0.1) is 0 Å². The lowest BCUT2D eigenvalue weighted by Crippen LogP contribution is -2.44. The van der Waals surface area contributed by atoms with Crippen LogP contribution < -0.4 is 0 Å². The SMILES string of the molecule is CCN(CCO)C(=O)C1CCCCC1(C)C. The van der Waals surface area contributed by atoms with Gasteiger partial charge in [-0.25, -0.2) is 0 Å². The van der Waals surface area contributed by atoms with Gasteiger partial charge in [-0.1, -0.05) is 26.7 Å². The fourth-order valence-electron chi connectivity index (χ4n) is 2.72. The number of nitrogens with zero attached hydrogens (tertiary/aromatic N) is 1. The van der Waals surface area contributed by atoms with Crippen LogP contribution in [0.3, 0.4) is 0 Å². The van der Waals surface area contributed by atoms with Crippen LogP contribution in [0.4, 0.5) is 0 Å². The minimum absolute atomic E-state index is 0.0622. The normalized spacial score (nSPS) is 24.1. The summed E-state index contributed by atoms with van der Waals surface area (Å²) in [4.78, 5) is 14.1. The Labute approximate surface area is 98.8 Å². The van der Waals surface area contributed by atoms with E-state index in [-0.39, 0.29) is 23.8 Å². The molecule has 0 aromatic heterocycles. The molecule has 3 heteroatoms. The molecule has 0 bridgehead atoms. The Hall–Kier alpha value is -0.570. The molecule has 0 spiro atoms. The summed E-state index contributed by atoms with van der Waals surface area (Å²) in [5.74, 6) is 0.383. The third kappa shape index (κ3) is 2.97. The van der Waals surface area contributed by atoms with E-state index in [1.54, 1.807) is 4.90 Å². The number of hydrogen-bond acceptors (Lipinski definition) is 2. The van der Waals surface area contributed by atoms with Crippen LogP contribution >= 0.6 is 0 Å². The summed E-state index contributed by atoms with van der Waals surface area (Å²) in [5, 5.41) is 8.95. The second kappa shape index (κ2) is 5.67. The van der Waals surface area contributed by atoms with Gasteiger partial charge in [-0.3, -0.25) is 4.79 Å². The smallest absolute Gasteiger partial charge is 0.226 e. The van der Waals surface area contributed by atoms with Crippen LogP contribution in [0.15, 0.2) is 0 Å². The zero-order chi connectivity index (χ0) is 12.2. The summed E-state index contributed by atoms with van der Waals surface area (Å²) in [6, 6.07) is 0. The molecule has 0 radical (unpaired) electrons. The lowest BCUT2D eigenvalue weighted by Gasteiger charge is -2.40. The number of rotatable bonds is 4. The average Bonchev–Trinajstić information content (AvgIpc) is 2.24. The van der Waals surface area contributed by atoms with Crippen LogP contribution in [0.1, 0.15) is 46.5 Å². The number of hydrogen-bond donors (Lipinski definition) is 1. The van der Waals surface area contributed by atoms with Gasteiger partial charge in [0, 0.05) is 19.0 Å². The number of likely N-dealkylation sites (N-methyl/N-ethyl adjacent to an activating group) is 1. The molecule has 1 aliphatic carbocycles. The van der Waals surface area contributed by atoms with Crippen LogP contribution in [-0.4, -0.2) is 35.6 Å². The third-order valence-electron chi connectivity index (χ3n) is 3.87. The molecule has 1 fully saturated rings. The average molecular weight is 227 g/mol. The second-order valence-corrected chi connectivity index (χ2v) is 5.43. The third-order valence-corrected chi connectivity index (χ3v) is 3.87. The number of aliphatic hydroxyl groups is 1. The number of carbonyl (C=O) groups excluding carboxylic acids is 1. The van der Waals surface area contributed by atoms with Gasteiger partial charge in [0.1, 0.15) is 0 Å². The van der Waals surface area contributed by atoms with Gasteiger partial charge in [-0.2, -0.15) is 0 Å². The molecule has 0 aromatic rings. The van der Waals surface area contributed by atoms with Crippen molar-refractivity contribution in [2.75, 3.05) is 19.7 Å². The molecule has 94 valence electrons. The minimum atomic E-state index is 0.0622. The topological polar surface area (TPSA) is 40.5 Å². The van der Waals surface area contributed by atoms with Crippen molar-refractivity contribution in [3.63, 3.8) is 0 Å². The fraction of sp³-hybridized carbons (Fsp3) is 0.923. The van der Waals surface area contributed by atoms with Gasteiger partial charge in [0.05, 0.1) is 6.61 Å². The molecule has 1 rings (SSSR count). The van der Waals surface area contributed by atoms with Gasteiger partial charge < -0.3 is 10.0 Å². The Bertz CT molecular complexity index is 238. The quantitative estimate of drug-likeness (QED) is 0.798. The van der Waals surface area contributed by atoms with Crippen molar-refractivity contribution in [3.8, 4) is 0 Å². The minimum Gasteiger partial charge on any atom is -0.395 e. The van der Waals surface area contributed by atoms with Crippen LogP contribution in [0.2, 0.25) is 0 Å². The van der Waals surface area contributed by atoms with E-state index in [2.05, 4.69) is 13.8 Å². The number of aliphatic hydroxyl groups excluding tert-OH is 1. The molecular formula is C13H25NO2. The zero-order valence-corrected chi connectivity index (χ0v) is 10.8. The predicted octanol–water partition coefficient (Wildman–Crippen LogP) is 2.04. The van der Waals surface area contributed by atoms with E-state index in [0.29, 0.717) is 13.1 Å². The molecular weight excluding hydrogens is 202 g/mol. The second-order valence-electron chi connectivity index (χ2n) is 5.43. The Kier molecular flexibility index (Phi) is 4.78. The largest absolute Gasteiger partial charge is 0.395 e. The van der Waals surface area contributed by atoms with Crippen LogP contribution in [0, 0.1) is 11.3 Å². The molecule has 1 aliphatic rings. The molecule has 1 unspecified atom stereocenters. The Balaban J connectivity index is 2.70. The number of carbonyl (C=O) groups is 1. The maximum absolute atomic E-state index is 12.3. The lowest BCUT2D eigenvalue weighted by atomic mass is 9.68. The highest BCUT2D eigenvalue weighted by Crippen LogP contribution is 2.41. The van der Waals surface area contributed by atoms with Gasteiger partial charge >= 0.3 is 0 Å². The number of amides is 1. The Morgan fingerprint density at radius 1 is 1.44 bits per heavy atom. The van der Waals surface area contributed by atoms with Gasteiger partial charge in [0.2, 0.25) is 5.91 Å². The van der Waals surface area contributed by atoms with Crippen molar-refractivity contribution in [1.29, 1.82) is 0 Å². The van der Waals surface area contributed by atoms with Crippen molar-refractivity contribution in [1.82, 2.24) is 4.90 Å². The standard InChI is InChI=1S/C13H25NO2/c1-4-14(9-10-15)12(16)11-7-5-6-8-13(11,2)3/h11,15H,4-10H2,1-3H3. The summed E-state index contributed by atoms with van der Waals surface area (Å²) in [6.45, 7) is 7.60. The molecule has 16 heavy (non-hydrogen) atoms. The van der Waals surface area contributed by atoms with Gasteiger partial charge in [-0.05, 0) is 25.2 Å². The predicted molar refractivity (Wildman–Crippen MR) is 65.1 cm³/mol. The molecule has 1 atom stereocenters. The monoisotopic (exact) mass is 227 g/mol. The van der Waals surface area contributed by atoms with Crippen molar-refractivity contribution in [2.45, 2.75) is 46.5 Å². The van der Waals surface area contributed by atoms with E-state index in [9.17, 15) is 4.79 Å². The van der Waals surface area contributed by atoms with E-state index >= 15 is 0 Å². The molecule has 1 N–H and O–H groups in total. The Morgan fingerprint density at radius 2 is 2.12 bits per heavy atom. The Morgan fingerprint density at radius 3 is 2.62 bits per heavy atom. The molecule has 0 heterocycles. The molecule has 1 saturated carbocycles. The molecule has 1 amide bonds. The molecule has 3 nitrogen and oxygen atoms in total. The first kappa shape index (κ1) is 13.5. The van der Waals surface area contributed by atoms with Crippen LogP contribution in [0.5, 0.6) is 0 Å². The van der Waals surface area contributed by atoms with Crippen LogP contribution in [-0.2, 0) is 4.79 Å². The molecule has 0 aliphatic heterocycles. The fourth-order valence-corrected chi connectivity index (χ4v) is 2.72. The van der Waals surface area contributed by atoms with Crippen molar-refractivity contribution >= 4 is 5.91 Å². The highest BCUT2D eigenvalue weighted by atomic mass is 16.3. The van der Waals surface area contributed by atoms with E-state index in [1.165, 1.54) is 6.42 Å². The molecule has 0 saturated heterocycles. The first-order valence-electron chi connectivity index (χ1n) is 6.42. The maximum Gasteiger partial charge on any atom is 0.226 e. The highest BCUT2D eigenvalue weighted by Gasteiger charge is 2.38. The zero-order valence-electron chi connectivity index (χ0n) is 10.8. The summed E-state index contributed by atoms with van der Waals surface area (Å²) in [6.07, 6.45) is 4.55. The van der Waals surface area contributed by atoms with Crippen LogP contribution in [0.25, 0.3) is 0 Å². The first-order valence-corrected chi connectivity index (χ1v) is 6.42. The molecule has 0 aromatic carbocycles. The van der Waals surface area contributed by atoms with Crippen molar-refractivity contribution in [3.05, 3.63) is 0 Å². The summed E-state index contributed by atoms with van der Waals surface area (Å²) in [7, 11) is 0.